The van der Waals surface area contributed by atoms with Crippen LogP contribution in [-0.4, -0.2) is 49.1 Å². The fraction of sp³-hybridized carbons (Fsp3) is 0.533. The summed E-state index contributed by atoms with van der Waals surface area (Å²) in [6.07, 6.45) is 2.01. The smallest absolute Gasteiger partial charge is 0.191 e. The Morgan fingerprint density at radius 1 is 1.38 bits per heavy atom. The van der Waals surface area contributed by atoms with Gasteiger partial charge in [0.1, 0.15) is 5.75 Å². The van der Waals surface area contributed by atoms with Crippen LogP contribution in [0.5, 0.6) is 5.75 Å². The molecule has 1 aromatic rings. The molecule has 21 heavy (non-hydrogen) atoms. The van der Waals surface area contributed by atoms with Crippen LogP contribution in [0.3, 0.4) is 0 Å². The molecule has 2 rings (SSSR count). The summed E-state index contributed by atoms with van der Waals surface area (Å²) in [6, 6.07) is 8.19. The fourth-order valence-corrected chi connectivity index (χ4v) is 3.10. The molecule has 1 saturated heterocycles. The first-order valence-electron chi connectivity index (χ1n) is 7.05. The van der Waals surface area contributed by atoms with Crippen LogP contribution in [0.1, 0.15) is 12.0 Å². The van der Waals surface area contributed by atoms with Crippen LogP contribution in [0.2, 0.25) is 0 Å². The number of aliphatic imine (C=N–C) groups is 1. The third-order valence-electron chi connectivity index (χ3n) is 3.37. The number of hydrogen-bond donors (Lipinski definition) is 1. The summed E-state index contributed by atoms with van der Waals surface area (Å²) in [4.78, 5) is 6.67. The van der Waals surface area contributed by atoms with E-state index in [1.165, 1.54) is 5.56 Å². The van der Waals surface area contributed by atoms with Crippen molar-refractivity contribution in [3.8, 4) is 5.75 Å². The van der Waals surface area contributed by atoms with Crippen molar-refractivity contribution in [2.24, 2.45) is 10.7 Å². The number of rotatable bonds is 5. The van der Waals surface area contributed by atoms with Gasteiger partial charge in [-0.25, -0.2) is 0 Å². The van der Waals surface area contributed by atoms with E-state index >= 15 is 0 Å². The zero-order valence-electron chi connectivity index (χ0n) is 12.5. The van der Waals surface area contributed by atoms with Crippen molar-refractivity contribution < 1.29 is 4.74 Å². The lowest BCUT2D eigenvalue weighted by Gasteiger charge is -2.27. The van der Waals surface area contributed by atoms with E-state index in [-0.39, 0.29) is 24.0 Å². The van der Waals surface area contributed by atoms with Gasteiger partial charge in [0.2, 0.25) is 0 Å². The lowest BCUT2D eigenvalue weighted by molar-refractivity contribution is 0.414. The summed E-state index contributed by atoms with van der Waals surface area (Å²) in [5.41, 5.74) is 7.30. The van der Waals surface area contributed by atoms with E-state index < -0.39 is 0 Å². The molecule has 2 N–H and O–H groups in total. The first kappa shape index (κ1) is 18.4. The van der Waals surface area contributed by atoms with Gasteiger partial charge >= 0.3 is 0 Å². The number of guanidine groups is 1. The molecule has 1 aliphatic rings. The Hall–Kier alpha value is -0.630. The average Bonchev–Trinajstić information content (AvgIpc) is 2.52. The Kier molecular flexibility index (Phi) is 8.91. The fourth-order valence-electron chi connectivity index (χ4n) is 2.20. The molecule has 1 heterocycles. The largest absolute Gasteiger partial charge is 0.497 e. The number of thioether (sulfide) groups is 1. The number of benzene rings is 1. The van der Waals surface area contributed by atoms with Gasteiger partial charge in [0.25, 0.3) is 0 Å². The zero-order valence-corrected chi connectivity index (χ0v) is 15.6. The second-order valence-corrected chi connectivity index (χ2v) is 6.02. The van der Waals surface area contributed by atoms with Crippen molar-refractivity contribution in [1.29, 1.82) is 0 Å². The molecule has 0 spiro atoms. The van der Waals surface area contributed by atoms with Gasteiger partial charge in [-0.3, -0.25) is 4.99 Å². The molecule has 0 radical (unpaired) electrons. The van der Waals surface area contributed by atoms with Crippen molar-refractivity contribution in [3.05, 3.63) is 29.8 Å². The molecule has 0 aliphatic carbocycles. The number of aryl methyl sites for hydroxylation is 1. The number of halogens is 1. The number of hydrogen-bond acceptors (Lipinski definition) is 3. The van der Waals surface area contributed by atoms with Gasteiger partial charge < -0.3 is 15.4 Å². The molecule has 0 amide bonds. The van der Waals surface area contributed by atoms with Crippen molar-refractivity contribution in [2.75, 3.05) is 38.2 Å². The van der Waals surface area contributed by atoms with Gasteiger partial charge in [-0.05, 0) is 30.5 Å². The summed E-state index contributed by atoms with van der Waals surface area (Å²) >= 11 is 1.98. The maximum Gasteiger partial charge on any atom is 0.191 e. The third kappa shape index (κ3) is 6.34. The van der Waals surface area contributed by atoms with E-state index in [4.69, 9.17) is 10.5 Å². The standard InChI is InChI=1S/C15H23N3OS.HI/c1-19-14-6-2-4-13(12-14)5-3-7-17-15(16)18-8-10-20-11-9-18;/h2,4,6,12H,3,5,7-11H2,1H3,(H2,16,17);1H. The molecule has 0 bridgehead atoms. The summed E-state index contributed by atoms with van der Waals surface area (Å²) in [7, 11) is 1.70. The maximum atomic E-state index is 6.02. The Bertz CT molecular complexity index is 450. The Labute approximate surface area is 148 Å². The SMILES string of the molecule is COc1cccc(CCCN=C(N)N2CCSCC2)c1.I. The van der Waals surface area contributed by atoms with Gasteiger partial charge in [-0.1, -0.05) is 12.1 Å². The second kappa shape index (κ2) is 10.2. The van der Waals surface area contributed by atoms with Crippen LogP contribution in [0, 0.1) is 0 Å². The van der Waals surface area contributed by atoms with Crippen LogP contribution in [0.15, 0.2) is 29.3 Å². The average molecular weight is 421 g/mol. The number of nitrogens with two attached hydrogens (primary N) is 1. The number of nitrogens with zero attached hydrogens (tertiary/aromatic N) is 2. The van der Waals surface area contributed by atoms with Crippen molar-refractivity contribution in [1.82, 2.24) is 4.90 Å². The molecular weight excluding hydrogens is 397 g/mol. The minimum Gasteiger partial charge on any atom is -0.497 e. The number of methoxy groups -OCH3 is 1. The van der Waals surface area contributed by atoms with Crippen LogP contribution in [0.25, 0.3) is 0 Å². The molecule has 0 saturated carbocycles. The minimum absolute atomic E-state index is 0. The monoisotopic (exact) mass is 421 g/mol. The van der Waals surface area contributed by atoms with E-state index in [9.17, 15) is 0 Å². The van der Waals surface area contributed by atoms with Crippen molar-refractivity contribution in [2.45, 2.75) is 12.8 Å². The topological polar surface area (TPSA) is 50.9 Å². The van der Waals surface area contributed by atoms with Gasteiger partial charge in [0, 0.05) is 31.1 Å². The van der Waals surface area contributed by atoms with Gasteiger partial charge in [-0.15, -0.1) is 24.0 Å². The highest BCUT2D eigenvalue weighted by atomic mass is 127. The maximum absolute atomic E-state index is 6.02. The summed E-state index contributed by atoms with van der Waals surface area (Å²) in [6.45, 7) is 2.83. The van der Waals surface area contributed by atoms with E-state index in [1.807, 2.05) is 23.9 Å². The molecule has 0 atom stereocenters. The molecular formula is C15H24IN3OS. The quantitative estimate of drug-likeness (QED) is 0.344. The predicted octanol–water partition coefficient (Wildman–Crippen LogP) is 2.61. The molecule has 6 heteroatoms. The number of ether oxygens (including phenoxy) is 1. The second-order valence-electron chi connectivity index (χ2n) is 4.79. The lowest BCUT2D eigenvalue weighted by atomic mass is 10.1. The van der Waals surface area contributed by atoms with Crippen LogP contribution < -0.4 is 10.5 Å². The van der Waals surface area contributed by atoms with Crippen LogP contribution in [0.4, 0.5) is 0 Å². The molecule has 1 aromatic carbocycles. The summed E-state index contributed by atoms with van der Waals surface area (Å²) in [5.74, 6) is 3.92. The highest BCUT2D eigenvalue weighted by molar-refractivity contribution is 14.0. The van der Waals surface area contributed by atoms with Gasteiger partial charge in [0.15, 0.2) is 5.96 Å². The van der Waals surface area contributed by atoms with E-state index in [0.717, 1.165) is 49.7 Å². The van der Waals surface area contributed by atoms with E-state index in [2.05, 4.69) is 22.0 Å². The zero-order chi connectivity index (χ0) is 14.2. The lowest BCUT2D eigenvalue weighted by Crippen LogP contribution is -2.42. The third-order valence-corrected chi connectivity index (χ3v) is 4.31. The predicted molar refractivity (Wildman–Crippen MR) is 102 cm³/mol. The first-order valence-corrected chi connectivity index (χ1v) is 8.20. The summed E-state index contributed by atoms with van der Waals surface area (Å²) < 4.78 is 5.22. The molecule has 118 valence electrons. The highest BCUT2D eigenvalue weighted by Gasteiger charge is 2.11. The first-order chi connectivity index (χ1) is 9.79. The molecule has 0 aromatic heterocycles. The van der Waals surface area contributed by atoms with Crippen molar-refractivity contribution >= 4 is 41.7 Å². The Balaban J connectivity index is 0.00000220. The van der Waals surface area contributed by atoms with E-state index in [0.29, 0.717) is 5.96 Å². The normalized spacial score (nSPS) is 15.5. The van der Waals surface area contributed by atoms with Crippen LogP contribution >= 0.6 is 35.7 Å². The highest BCUT2D eigenvalue weighted by Crippen LogP contribution is 2.14. The molecule has 1 fully saturated rings. The molecule has 1 aliphatic heterocycles. The summed E-state index contributed by atoms with van der Waals surface area (Å²) in [5, 5.41) is 0. The van der Waals surface area contributed by atoms with Gasteiger partial charge in [-0.2, -0.15) is 11.8 Å². The van der Waals surface area contributed by atoms with Crippen LogP contribution in [-0.2, 0) is 6.42 Å². The Morgan fingerprint density at radius 2 is 2.14 bits per heavy atom. The van der Waals surface area contributed by atoms with E-state index in [1.54, 1.807) is 7.11 Å². The van der Waals surface area contributed by atoms with Gasteiger partial charge in [0.05, 0.1) is 7.11 Å². The molecule has 4 nitrogen and oxygen atoms in total. The molecule has 0 unspecified atom stereocenters. The Morgan fingerprint density at radius 3 is 2.86 bits per heavy atom. The van der Waals surface area contributed by atoms with Crippen molar-refractivity contribution in [3.63, 3.8) is 0 Å². The minimum atomic E-state index is 0.